The molecule has 1 heterocycles. The van der Waals surface area contributed by atoms with Crippen LogP contribution in [0, 0.1) is 5.92 Å². The molecule has 1 aliphatic heterocycles. The molecular formula is C12H26N2. The minimum absolute atomic E-state index is 0.316. The largest absolute Gasteiger partial charge is 0.304 e. The van der Waals surface area contributed by atoms with Gasteiger partial charge in [-0.2, -0.15) is 0 Å². The van der Waals surface area contributed by atoms with E-state index < -0.39 is 0 Å². The molecule has 0 aromatic rings. The maximum absolute atomic E-state index is 2.66. The van der Waals surface area contributed by atoms with E-state index in [1.54, 1.807) is 0 Å². The number of likely N-dealkylation sites (N-methyl/N-ethyl adjacent to an activating group) is 1. The predicted octanol–water partition coefficient (Wildman–Crippen LogP) is 2.06. The van der Waals surface area contributed by atoms with Crippen LogP contribution in [0.1, 0.15) is 34.6 Å². The first kappa shape index (κ1) is 12.0. The summed E-state index contributed by atoms with van der Waals surface area (Å²) < 4.78 is 0. The number of nitrogens with zero attached hydrogens (tertiary/aromatic N) is 2. The molecular weight excluding hydrogens is 172 g/mol. The maximum Gasteiger partial charge on any atom is 0.0251 e. The van der Waals surface area contributed by atoms with E-state index in [0.29, 0.717) is 11.6 Å². The van der Waals surface area contributed by atoms with Gasteiger partial charge in [-0.1, -0.05) is 13.8 Å². The fraction of sp³-hybridized carbons (Fsp3) is 1.00. The van der Waals surface area contributed by atoms with Crippen molar-refractivity contribution in [3.8, 4) is 0 Å². The normalized spacial score (nSPS) is 27.2. The Morgan fingerprint density at radius 1 is 1.14 bits per heavy atom. The lowest BCUT2D eigenvalue weighted by Gasteiger charge is -2.49. The van der Waals surface area contributed by atoms with Crippen LogP contribution in [0.3, 0.4) is 0 Å². The Labute approximate surface area is 89.3 Å². The van der Waals surface area contributed by atoms with Gasteiger partial charge in [-0.25, -0.2) is 0 Å². The second-order valence-corrected chi connectivity index (χ2v) is 5.94. The Balaban J connectivity index is 2.73. The Kier molecular flexibility index (Phi) is 3.59. The first-order chi connectivity index (χ1) is 6.32. The second kappa shape index (κ2) is 4.19. The van der Waals surface area contributed by atoms with Crippen LogP contribution in [0.15, 0.2) is 0 Å². The van der Waals surface area contributed by atoms with Gasteiger partial charge in [0.1, 0.15) is 0 Å². The third-order valence-electron chi connectivity index (χ3n) is 3.25. The molecule has 0 aromatic carbocycles. The molecule has 0 radical (unpaired) electrons. The minimum Gasteiger partial charge on any atom is -0.304 e. The fourth-order valence-electron chi connectivity index (χ4n) is 2.36. The van der Waals surface area contributed by atoms with Gasteiger partial charge in [0, 0.05) is 31.2 Å². The predicted molar refractivity (Wildman–Crippen MR) is 62.6 cm³/mol. The quantitative estimate of drug-likeness (QED) is 0.636. The Bertz CT molecular complexity index is 181. The Hall–Kier alpha value is -0.0800. The van der Waals surface area contributed by atoms with Gasteiger partial charge in [0.2, 0.25) is 0 Å². The van der Waals surface area contributed by atoms with E-state index in [0.717, 1.165) is 5.92 Å². The van der Waals surface area contributed by atoms with E-state index in [9.17, 15) is 0 Å². The van der Waals surface area contributed by atoms with Crippen LogP contribution in [0.2, 0.25) is 0 Å². The summed E-state index contributed by atoms with van der Waals surface area (Å²) in [6.07, 6.45) is 0. The van der Waals surface area contributed by atoms with E-state index in [1.165, 1.54) is 19.6 Å². The number of hydrogen-bond donors (Lipinski definition) is 0. The highest BCUT2D eigenvalue weighted by molar-refractivity contribution is 4.90. The molecule has 2 nitrogen and oxygen atoms in total. The Morgan fingerprint density at radius 2 is 1.71 bits per heavy atom. The summed E-state index contributed by atoms with van der Waals surface area (Å²) >= 11 is 0. The monoisotopic (exact) mass is 198 g/mol. The molecule has 1 atom stereocenters. The van der Waals surface area contributed by atoms with Crippen molar-refractivity contribution in [2.24, 2.45) is 5.92 Å². The molecule has 0 saturated carbocycles. The van der Waals surface area contributed by atoms with Crippen molar-refractivity contribution in [2.75, 3.05) is 26.7 Å². The lowest BCUT2D eigenvalue weighted by atomic mass is 9.93. The van der Waals surface area contributed by atoms with E-state index in [2.05, 4.69) is 51.5 Å². The lowest BCUT2D eigenvalue weighted by Crippen LogP contribution is -2.60. The molecule has 1 saturated heterocycles. The zero-order chi connectivity index (χ0) is 10.9. The maximum atomic E-state index is 2.66. The summed E-state index contributed by atoms with van der Waals surface area (Å²) in [4.78, 5) is 5.12. The van der Waals surface area contributed by atoms with Gasteiger partial charge >= 0.3 is 0 Å². The van der Waals surface area contributed by atoms with E-state index >= 15 is 0 Å². The van der Waals surface area contributed by atoms with Gasteiger partial charge in [-0.15, -0.1) is 0 Å². The van der Waals surface area contributed by atoms with Crippen LogP contribution in [0.4, 0.5) is 0 Å². The van der Waals surface area contributed by atoms with Gasteiger partial charge < -0.3 is 4.90 Å². The van der Waals surface area contributed by atoms with Crippen LogP contribution in [-0.2, 0) is 0 Å². The molecule has 1 rings (SSSR count). The molecule has 84 valence electrons. The molecule has 2 heteroatoms. The van der Waals surface area contributed by atoms with Gasteiger partial charge in [0.25, 0.3) is 0 Å². The van der Waals surface area contributed by atoms with E-state index in [-0.39, 0.29) is 0 Å². The summed E-state index contributed by atoms with van der Waals surface area (Å²) in [5.41, 5.74) is 0.316. The van der Waals surface area contributed by atoms with Gasteiger partial charge in [-0.3, -0.25) is 4.90 Å². The average Bonchev–Trinajstić information content (AvgIpc) is 2.01. The number of rotatable bonds is 1. The molecule has 0 spiro atoms. The molecule has 1 aliphatic rings. The molecule has 1 fully saturated rings. The zero-order valence-electron chi connectivity index (χ0n) is 10.7. The van der Waals surface area contributed by atoms with E-state index in [1.807, 2.05) is 0 Å². The van der Waals surface area contributed by atoms with Crippen LogP contribution < -0.4 is 0 Å². The van der Waals surface area contributed by atoms with Crippen molar-refractivity contribution in [1.82, 2.24) is 9.80 Å². The average molecular weight is 198 g/mol. The van der Waals surface area contributed by atoms with Crippen LogP contribution >= 0.6 is 0 Å². The number of piperazine rings is 1. The van der Waals surface area contributed by atoms with Gasteiger partial charge in [0.05, 0.1) is 0 Å². The van der Waals surface area contributed by atoms with Crippen molar-refractivity contribution in [1.29, 1.82) is 0 Å². The smallest absolute Gasteiger partial charge is 0.0251 e. The highest BCUT2D eigenvalue weighted by atomic mass is 15.3. The third-order valence-corrected chi connectivity index (χ3v) is 3.25. The fourth-order valence-corrected chi connectivity index (χ4v) is 2.36. The van der Waals surface area contributed by atoms with Crippen molar-refractivity contribution in [3.05, 3.63) is 0 Å². The van der Waals surface area contributed by atoms with Crippen molar-refractivity contribution < 1.29 is 0 Å². The van der Waals surface area contributed by atoms with Crippen molar-refractivity contribution in [2.45, 2.75) is 46.2 Å². The molecule has 0 aromatic heterocycles. The highest BCUT2D eigenvalue weighted by Gasteiger charge is 2.34. The summed E-state index contributed by atoms with van der Waals surface area (Å²) in [6.45, 7) is 15.3. The molecule has 0 amide bonds. The number of hydrogen-bond acceptors (Lipinski definition) is 2. The third kappa shape index (κ3) is 2.71. The minimum atomic E-state index is 0.316. The lowest BCUT2D eigenvalue weighted by molar-refractivity contribution is -0.00148. The summed E-state index contributed by atoms with van der Waals surface area (Å²) in [7, 11) is 2.23. The topological polar surface area (TPSA) is 6.48 Å². The van der Waals surface area contributed by atoms with Crippen molar-refractivity contribution in [3.63, 3.8) is 0 Å². The molecule has 0 aliphatic carbocycles. The zero-order valence-corrected chi connectivity index (χ0v) is 10.7. The van der Waals surface area contributed by atoms with Gasteiger partial charge in [0.15, 0.2) is 0 Å². The van der Waals surface area contributed by atoms with Crippen molar-refractivity contribution >= 4 is 0 Å². The second-order valence-electron chi connectivity index (χ2n) is 5.94. The molecule has 14 heavy (non-hydrogen) atoms. The molecule has 0 bridgehead atoms. The standard InChI is InChI=1S/C12H26N2/c1-10(2)11-9-13(6)7-8-14(11)12(3,4)5/h10-11H,7-9H2,1-6H3/t11-/m0/s1. The van der Waals surface area contributed by atoms with Gasteiger partial charge in [-0.05, 0) is 33.7 Å². The summed E-state index contributed by atoms with van der Waals surface area (Å²) in [6, 6.07) is 0.716. The highest BCUT2D eigenvalue weighted by Crippen LogP contribution is 2.24. The first-order valence-corrected chi connectivity index (χ1v) is 5.77. The molecule has 0 N–H and O–H groups in total. The van der Waals surface area contributed by atoms with E-state index in [4.69, 9.17) is 0 Å². The molecule has 0 unspecified atom stereocenters. The summed E-state index contributed by atoms with van der Waals surface area (Å²) in [5, 5.41) is 0. The Morgan fingerprint density at radius 3 is 2.14 bits per heavy atom. The van der Waals surface area contributed by atoms with Crippen LogP contribution in [0.5, 0.6) is 0 Å². The summed E-state index contributed by atoms with van der Waals surface area (Å²) in [5.74, 6) is 0.747. The van der Waals surface area contributed by atoms with Crippen LogP contribution in [-0.4, -0.2) is 48.1 Å². The SMILES string of the molecule is CC(C)[C@@H]1CN(C)CCN1C(C)(C)C. The first-order valence-electron chi connectivity index (χ1n) is 5.77. The van der Waals surface area contributed by atoms with Crippen LogP contribution in [0.25, 0.3) is 0 Å².